The third-order valence-corrected chi connectivity index (χ3v) is 9.68. The Bertz CT molecular complexity index is 1460. The second-order valence-electron chi connectivity index (χ2n) is 11.5. The van der Waals surface area contributed by atoms with Crippen molar-refractivity contribution in [2.45, 2.75) is 64.1 Å². The third kappa shape index (κ3) is 9.09. The molecule has 2 aromatic heterocycles. The molecule has 0 aliphatic carbocycles. The van der Waals surface area contributed by atoms with Crippen molar-refractivity contribution in [3.8, 4) is 0 Å². The van der Waals surface area contributed by atoms with Crippen molar-refractivity contribution < 1.29 is 19.2 Å². The first-order valence-corrected chi connectivity index (χ1v) is 16.9. The number of hydrogen-bond donors (Lipinski definition) is 4. The van der Waals surface area contributed by atoms with Gasteiger partial charge in [0.25, 0.3) is 11.8 Å². The quantitative estimate of drug-likeness (QED) is 0.331. The summed E-state index contributed by atoms with van der Waals surface area (Å²) in [5.74, 6) is -1.09. The summed E-state index contributed by atoms with van der Waals surface area (Å²) in [4.78, 5) is 64.1. The number of benzene rings is 1. The molecule has 1 saturated heterocycles. The molecule has 3 atom stereocenters. The Balaban J connectivity index is 0.00000461. The number of piperidine rings is 1. The largest absolute Gasteiger partial charge is 0.351 e. The first-order chi connectivity index (χ1) is 21.3. The molecule has 1 aromatic carbocycles. The van der Waals surface area contributed by atoms with Crippen molar-refractivity contribution in [3.63, 3.8) is 0 Å². The number of hydrogen-bond acceptors (Lipinski definition) is 9. The smallest absolute Gasteiger partial charge is 0.271 e. The lowest BCUT2D eigenvalue weighted by Crippen LogP contribution is -2.52. The number of rotatable bonds is 4. The SMILES string of the molecule is CC(C)[C@@H]1NC(=O)c2csc(n2)C(Cc2ccccc2)NC(=O)CN(C(=O)[C@H]2CCCCN2)CCCNC(=O)c2csc1n2.Cl. The predicted molar refractivity (Wildman–Crippen MR) is 177 cm³/mol. The molecule has 45 heavy (non-hydrogen) atoms. The average Bonchev–Trinajstić information content (AvgIpc) is 3.72. The summed E-state index contributed by atoms with van der Waals surface area (Å²) in [5.41, 5.74) is 1.53. The van der Waals surface area contributed by atoms with Gasteiger partial charge in [-0.2, -0.15) is 0 Å². The first-order valence-electron chi connectivity index (χ1n) is 15.1. The van der Waals surface area contributed by atoms with Crippen LogP contribution >= 0.6 is 35.1 Å². The summed E-state index contributed by atoms with van der Waals surface area (Å²) in [6.45, 7) is 5.23. The van der Waals surface area contributed by atoms with E-state index >= 15 is 0 Å². The molecule has 242 valence electrons. The molecule has 1 unspecified atom stereocenters. The van der Waals surface area contributed by atoms with E-state index < -0.39 is 12.1 Å². The van der Waals surface area contributed by atoms with Crippen LogP contribution in [0.25, 0.3) is 0 Å². The number of nitrogens with one attached hydrogen (secondary N) is 4. The molecule has 3 aromatic rings. The predicted octanol–water partition coefficient (Wildman–Crippen LogP) is 3.65. The molecular formula is C31H40ClN7O4S2. The molecule has 4 amide bonds. The van der Waals surface area contributed by atoms with E-state index in [1.165, 1.54) is 22.7 Å². The van der Waals surface area contributed by atoms with Gasteiger partial charge in [-0.05, 0) is 43.7 Å². The minimum absolute atomic E-state index is 0. The maximum absolute atomic E-state index is 13.5. The van der Waals surface area contributed by atoms with Gasteiger partial charge in [0.05, 0.1) is 24.7 Å². The van der Waals surface area contributed by atoms with Gasteiger partial charge in [0, 0.05) is 23.8 Å². The van der Waals surface area contributed by atoms with Crippen molar-refractivity contribution in [3.05, 3.63) is 68.1 Å². The number of carbonyl (C=O) groups excluding carboxylic acids is 4. The third-order valence-electron chi connectivity index (χ3n) is 7.79. The van der Waals surface area contributed by atoms with Crippen LogP contribution in [0.15, 0.2) is 41.1 Å². The van der Waals surface area contributed by atoms with Crippen LogP contribution in [0, 0.1) is 5.92 Å². The van der Waals surface area contributed by atoms with Crippen LogP contribution in [0.2, 0.25) is 0 Å². The zero-order valence-corrected chi connectivity index (χ0v) is 27.9. The topological polar surface area (TPSA) is 145 Å². The molecule has 2 aliphatic rings. The van der Waals surface area contributed by atoms with Gasteiger partial charge >= 0.3 is 0 Å². The van der Waals surface area contributed by atoms with Crippen molar-refractivity contribution in [1.82, 2.24) is 36.1 Å². The second kappa shape index (κ2) is 16.3. The summed E-state index contributed by atoms with van der Waals surface area (Å²) < 4.78 is 0. The number of carbonyl (C=O) groups is 4. The van der Waals surface area contributed by atoms with Crippen LogP contribution in [-0.2, 0) is 16.0 Å². The van der Waals surface area contributed by atoms with Gasteiger partial charge in [-0.1, -0.05) is 50.6 Å². The van der Waals surface area contributed by atoms with E-state index in [1.54, 1.807) is 15.7 Å². The summed E-state index contributed by atoms with van der Waals surface area (Å²) in [7, 11) is 0. The number of fused-ring (bicyclic) bond motifs is 4. The Morgan fingerprint density at radius 2 is 1.64 bits per heavy atom. The monoisotopic (exact) mass is 673 g/mol. The zero-order valence-electron chi connectivity index (χ0n) is 25.4. The molecule has 4 heterocycles. The lowest BCUT2D eigenvalue weighted by atomic mass is 10.0. The highest BCUT2D eigenvalue weighted by molar-refractivity contribution is 7.10. The molecule has 14 heteroatoms. The molecule has 0 saturated carbocycles. The Morgan fingerprint density at radius 1 is 0.933 bits per heavy atom. The summed E-state index contributed by atoms with van der Waals surface area (Å²) in [6, 6.07) is 8.53. The minimum Gasteiger partial charge on any atom is -0.351 e. The maximum Gasteiger partial charge on any atom is 0.271 e. The van der Waals surface area contributed by atoms with Crippen molar-refractivity contribution in [2.75, 3.05) is 26.2 Å². The number of nitrogens with zero attached hydrogens (tertiary/aromatic N) is 3. The van der Waals surface area contributed by atoms with E-state index in [1.807, 2.05) is 44.2 Å². The molecule has 11 nitrogen and oxygen atoms in total. The molecule has 0 radical (unpaired) electrons. The standard InChI is InChI=1S/C31H39N7O4S2.ClH/c1-19(2)26-30-36-23(17-44-30)27(40)33-13-8-14-38(31(42)21-11-6-7-12-32-21)16-25(39)34-22(15-20-9-4-3-5-10-20)29-35-24(18-43-29)28(41)37-26;/h3-5,9-10,17-19,21-22,26,32H,6-8,11-16H2,1-2H3,(H,33,40)(H,34,39)(H,37,41);1H/t21-,22?,26+;/m1./s1. The molecule has 1 fully saturated rings. The summed E-state index contributed by atoms with van der Waals surface area (Å²) >= 11 is 2.64. The fourth-order valence-corrected chi connectivity index (χ4v) is 7.26. The number of halogens is 1. The zero-order chi connectivity index (χ0) is 31.1. The highest BCUT2D eigenvalue weighted by Gasteiger charge is 2.29. The number of thiazole rings is 2. The first kappa shape index (κ1) is 34.5. The molecule has 4 bridgehead atoms. The van der Waals surface area contributed by atoms with Gasteiger partial charge < -0.3 is 26.2 Å². The Hall–Kier alpha value is -3.39. The average molecular weight is 674 g/mol. The van der Waals surface area contributed by atoms with Gasteiger partial charge in [-0.25, -0.2) is 9.97 Å². The van der Waals surface area contributed by atoms with Crippen LogP contribution < -0.4 is 21.3 Å². The van der Waals surface area contributed by atoms with E-state index in [2.05, 4.69) is 31.2 Å². The number of aromatic nitrogens is 2. The van der Waals surface area contributed by atoms with E-state index in [0.29, 0.717) is 35.9 Å². The number of amides is 4. The van der Waals surface area contributed by atoms with Crippen LogP contribution in [0.3, 0.4) is 0 Å². The van der Waals surface area contributed by atoms with E-state index in [-0.39, 0.29) is 65.9 Å². The molecule has 0 spiro atoms. The van der Waals surface area contributed by atoms with Gasteiger partial charge in [-0.3, -0.25) is 19.2 Å². The molecule has 5 rings (SSSR count). The Morgan fingerprint density at radius 3 is 2.36 bits per heavy atom. The van der Waals surface area contributed by atoms with Gasteiger partial charge in [0.15, 0.2) is 0 Å². The van der Waals surface area contributed by atoms with Crippen LogP contribution in [0.1, 0.15) is 88.2 Å². The Kier molecular flexibility index (Phi) is 12.5. The van der Waals surface area contributed by atoms with Crippen LogP contribution in [-0.4, -0.2) is 70.7 Å². The van der Waals surface area contributed by atoms with Crippen molar-refractivity contribution in [1.29, 1.82) is 0 Å². The van der Waals surface area contributed by atoms with Gasteiger partial charge in [0.1, 0.15) is 21.4 Å². The minimum atomic E-state index is -0.495. The van der Waals surface area contributed by atoms with Crippen molar-refractivity contribution in [2.24, 2.45) is 5.92 Å². The normalized spacial score (nSPS) is 21.8. The highest BCUT2D eigenvalue weighted by atomic mass is 35.5. The van der Waals surface area contributed by atoms with Crippen molar-refractivity contribution >= 4 is 58.7 Å². The lowest BCUT2D eigenvalue weighted by Gasteiger charge is -2.30. The van der Waals surface area contributed by atoms with E-state index in [0.717, 1.165) is 31.4 Å². The van der Waals surface area contributed by atoms with Crippen LogP contribution in [0.5, 0.6) is 0 Å². The summed E-state index contributed by atoms with van der Waals surface area (Å²) in [5, 5.41) is 16.9. The highest BCUT2D eigenvalue weighted by Crippen LogP contribution is 2.27. The molecule has 2 aliphatic heterocycles. The fraction of sp³-hybridized carbons (Fsp3) is 0.484. The fourth-order valence-electron chi connectivity index (χ4n) is 5.39. The Labute approximate surface area is 277 Å². The van der Waals surface area contributed by atoms with Crippen LogP contribution in [0.4, 0.5) is 0 Å². The van der Waals surface area contributed by atoms with E-state index in [9.17, 15) is 19.2 Å². The van der Waals surface area contributed by atoms with E-state index in [4.69, 9.17) is 0 Å². The van der Waals surface area contributed by atoms with Gasteiger partial charge in [0.2, 0.25) is 11.8 Å². The molecule has 4 N–H and O–H groups in total. The maximum atomic E-state index is 13.5. The second-order valence-corrected chi connectivity index (χ2v) is 13.3. The summed E-state index contributed by atoms with van der Waals surface area (Å²) in [6.07, 6.45) is 3.63. The van der Waals surface area contributed by atoms with Gasteiger partial charge in [-0.15, -0.1) is 35.1 Å². The lowest BCUT2D eigenvalue weighted by molar-refractivity contribution is -0.138. The molecular weight excluding hydrogens is 634 g/mol.